The second-order valence-corrected chi connectivity index (χ2v) is 7.38. The molecule has 0 heterocycles. The highest BCUT2D eigenvalue weighted by Crippen LogP contribution is 2.15. The Morgan fingerprint density at radius 3 is 1.23 bits per heavy atom. The van der Waals surface area contributed by atoms with Crippen molar-refractivity contribution in [1.29, 1.82) is 0 Å². The minimum atomic E-state index is -2.25. The van der Waals surface area contributed by atoms with Crippen LogP contribution in [-0.2, 0) is 0 Å². The van der Waals surface area contributed by atoms with Crippen molar-refractivity contribution < 1.29 is 13.3 Å². The molecule has 3 heteroatoms. The summed E-state index contributed by atoms with van der Waals surface area (Å²) in [5, 5.41) is 0. The molecule has 0 bridgehead atoms. The summed E-state index contributed by atoms with van der Waals surface area (Å²) in [6.07, 6.45) is 18.3. The molecule has 0 saturated heterocycles. The van der Waals surface area contributed by atoms with Crippen molar-refractivity contribution in [3.05, 3.63) is 0 Å². The summed E-state index contributed by atoms with van der Waals surface area (Å²) in [5.41, 5.74) is 0. The number of hydrogen-bond acceptors (Lipinski definition) is 0. The highest BCUT2D eigenvalue weighted by molar-refractivity contribution is 4.49. The van der Waals surface area contributed by atoms with Crippen LogP contribution in [0.2, 0.25) is 0 Å². The molecular weight excluding hydrogens is 280 g/mol. The van der Waals surface area contributed by atoms with E-state index in [9.17, 15) is 8.78 Å². The molecule has 0 N–H and O–H groups in total. The Bertz CT molecular complexity index is 229. The lowest BCUT2D eigenvalue weighted by atomic mass is 10.0. The third kappa shape index (κ3) is 13.5. The molecule has 134 valence electrons. The van der Waals surface area contributed by atoms with Crippen molar-refractivity contribution >= 4 is 0 Å². The smallest absolute Gasteiger partial charge is 0.271 e. The topological polar surface area (TPSA) is 0 Å². The average molecular weight is 321 g/mol. The molecule has 0 aliphatic rings. The number of nitrogens with zero attached hydrogens (tertiary/aromatic N) is 1. The van der Waals surface area contributed by atoms with Crippen LogP contribution in [0, 0.1) is 0 Å². The van der Waals surface area contributed by atoms with Crippen LogP contribution in [0.3, 0.4) is 0 Å². The SMILES string of the molecule is CCCCCCCCCCCCCCCC[N+](C)(C)C(F)F. The molecular formula is C19H40F2N+. The highest BCUT2D eigenvalue weighted by Gasteiger charge is 2.26. The maximum atomic E-state index is 12.6. The van der Waals surface area contributed by atoms with Crippen LogP contribution in [0.5, 0.6) is 0 Å². The van der Waals surface area contributed by atoms with Gasteiger partial charge < -0.3 is 0 Å². The fraction of sp³-hybridized carbons (Fsp3) is 1.00. The van der Waals surface area contributed by atoms with E-state index in [1.54, 1.807) is 14.1 Å². The Hall–Kier alpha value is -0.180. The molecule has 0 aromatic rings. The zero-order chi connectivity index (χ0) is 16.7. The molecule has 0 saturated carbocycles. The first kappa shape index (κ1) is 21.8. The van der Waals surface area contributed by atoms with Crippen LogP contribution in [-0.4, -0.2) is 31.7 Å². The zero-order valence-corrected chi connectivity index (χ0v) is 15.4. The molecule has 22 heavy (non-hydrogen) atoms. The lowest BCUT2D eigenvalue weighted by Gasteiger charge is -2.27. The highest BCUT2D eigenvalue weighted by atomic mass is 19.3. The van der Waals surface area contributed by atoms with Crippen molar-refractivity contribution in [2.24, 2.45) is 0 Å². The number of halogens is 2. The molecule has 0 unspecified atom stereocenters. The molecule has 0 aliphatic heterocycles. The maximum absolute atomic E-state index is 12.6. The Kier molecular flexibility index (Phi) is 14.3. The number of unbranched alkanes of at least 4 members (excludes halogenated alkanes) is 13. The number of quaternary nitrogens is 1. The maximum Gasteiger partial charge on any atom is 0.380 e. The average Bonchev–Trinajstić information content (AvgIpc) is 2.47. The molecule has 0 aromatic carbocycles. The fourth-order valence-corrected chi connectivity index (χ4v) is 2.81. The Balaban J connectivity index is 3.15. The number of rotatable bonds is 16. The molecule has 0 spiro atoms. The van der Waals surface area contributed by atoms with Crippen LogP contribution in [0.25, 0.3) is 0 Å². The van der Waals surface area contributed by atoms with E-state index < -0.39 is 6.55 Å². The van der Waals surface area contributed by atoms with Gasteiger partial charge in [0.25, 0.3) is 0 Å². The van der Waals surface area contributed by atoms with Gasteiger partial charge in [-0.1, -0.05) is 84.0 Å². The first-order chi connectivity index (χ1) is 10.5. The normalized spacial score (nSPS) is 12.3. The van der Waals surface area contributed by atoms with Gasteiger partial charge in [0.05, 0.1) is 20.6 Å². The summed E-state index contributed by atoms with van der Waals surface area (Å²) in [5.74, 6) is 0. The van der Waals surface area contributed by atoms with Crippen LogP contribution >= 0.6 is 0 Å². The minimum Gasteiger partial charge on any atom is -0.271 e. The predicted octanol–water partition coefficient (Wildman–Crippen LogP) is 6.77. The quantitative estimate of drug-likeness (QED) is 0.167. The van der Waals surface area contributed by atoms with E-state index in [1.807, 2.05) is 0 Å². The van der Waals surface area contributed by atoms with Gasteiger partial charge in [0, 0.05) is 0 Å². The van der Waals surface area contributed by atoms with Gasteiger partial charge in [0.1, 0.15) is 0 Å². The first-order valence-electron chi connectivity index (χ1n) is 9.61. The molecule has 0 amide bonds. The van der Waals surface area contributed by atoms with Crippen LogP contribution in [0.4, 0.5) is 8.78 Å². The standard InChI is InChI=1S/C19H40F2N/c1-4-5-6-7-8-9-10-11-12-13-14-15-16-17-18-22(2,3)19(20)21/h19H,4-18H2,1-3H3/q+1. The van der Waals surface area contributed by atoms with Gasteiger partial charge in [0.15, 0.2) is 0 Å². The Morgan fingerprint density at radius 2 is 0.909 bits per heavy atom. The molecule has 0 atom stereocenters. The summed E-state index contributed by atoms with van der Waals surface area (Å²) in [7, 11) is 3.24. The van der Waals surface area contributed by atoms with Crippen molar-refractivity contribution in [3.8, 4) is 0 Å². The van der Waals surface area contributed by atoms with E-state index in [-0.39, 0.29) is 4.48 Å². The minimum absolute atomic E-state index is 0.155. The lowest BCUT2D eigenvalue weighted by Crippen LogP contribution is -2.44. The van der Waals surface area contributed by atoms with E-state index >= 15 is 0 Å². The van der Waals surface area contributed by atoms with Gasteiger partial charge in [-0.25, -0.2) is 0 Å². The van der Waals surface area contributed by atoms with Gasteiger partial charge in [-0.05, 0) is 12.8 Å². The van der Waals surface area contributed by atoms with Gasteiger partial charge in [0.2, 0.25) is 0 Å². The first-order valence-corrected chi connectivity index (χ1v) is 9.61. The van der Waals surface area contributed by atoms with Crippen molar-refractivity contribution in [2.45, 2.75) is 103 Å². The van der Waals surface area contributed by atoms with Crippen molar-refractivity contribution in [2.75, 3.05) is 20.6 Å². The van der Waals surface area contributed by atoms with E-state index in [0.717, 1.165) is 12.8 Å². The predicted molar refractivity (Wildman–Crippen MR) is 93.3 cm³/mol. The lowest BCUT2D eigenvalue weighted by molar-refractivity contribution is -0.945. The number of hydrogen-bond donors (Lipinski definition) is 0. The van der Waals surface area contributed by atoms with E-state index in [2.05, 4.69) is 6.92 Å². The third-order valence-electron chi connectivity index (χ3n) is 4.62. The monoisotopic (exact) mass is 320 g/mol. The van der Waals surface area contributed by atoms with E-state index in [1.165, 1.54) is 77.0 Å². The summed E-state index contributed by atoms with van der Waals surface area (Å²) >= 11 is 0. The molecule has 0 aliphatic carbocycles. The molecule has 0 rings (SSSR count). The summed E-state index contributed by atoms with van der Waals surface area (Å²) in [4.78, 5) is 0. The third-order valence-corrected chi connectivity index (χ3v) is 4.62. The van der Waals surface area contributed by atoms with Crippen molar-refractivity contribution in [3.63, 3.8) is 0 Å². The Labute approximate surface area is 138 Å². The van der Waals surface area contributed by atoms with Gasteiger partial charge in [-0.3, -0.25) is 4.48 Å². The van der Waals surface area contributed by atoms with Gasteiger partial charge in [-0.15, -0.1) is 0 Å². The van der Waals surface area contributed by atoms with E-state index in [0.29, 0.717) is 6.54 Å². The second-order valence-electron chi connectivity index (χ2n) is 7.38. The second kappa shape index (κ2) is 14.4. The summed E-state index contributed by atoms with van der Waals surface area (Å²) in [6, 6.07) is 0. The molecule has 0 fully saturated rings. The van der Waals surface area contributed by atoms with Gasteiger partial charge >= 0.3 is 6.55 Å². The summed E-state index contributed by atoms with van der Waals surface area (Å²) < 4.78 is 25.1. The zero-order valence-electron chi connectivity index (χ0n) is 15.4. The van der Waals surface area contributed by atoms with E-state index in [4.69, 9.17) is 0 Å². The largest absolute Gasteiger partial charge is 0.380 e. The Morgan fingerprint density at radius 1 is 0.591 bits per heavy atom. The van der Waals surface area contributed by atoms with Crippen LogP contribution in [0.15, 0.2) is 0 Å². The summed E-state index contributed by atoms with van der Waals surface area (Å²) in [6.45, 7) is 0.608. The fourth-order valence-electron chi connectivity index (χ4n) is 2.81. The molecule has 0 aromatic heterocycles. The van der Waals surface area contributed by atoms with Crippen LogP contribution < -0.4 is 0 Å². The molecule has 0 radical (unpaired) electrons. The van der Waals surface area contributed by atoms with Gasteiger partial charge in [-0.2, -0.15) is 8.78 Å². The molecule has 1 nitrogen and oxygen atoms in total. The van der Waals surface area contributed by atoms with Crippen LogP contribution in [0.1, 0.15) is 96.8 Å². The number of alkyl halides is 2. The van der Waals surface area contributed by atoms with Crippen molar-refractivity contribution in [1.82, 2.24) is 0 Å².